The van der Waals surface area contributed by atoms with Crippen molar-refractivity contribution in [3.05, 3.63) is 45.2 Å². The molecule has 2 fully saturated rings. The van der Waals surface area contributed by atoms with Gasteiger partial charge < -0.3 is 14.1 Å². The molecule has 2 aromatic rings. The van der Waals surface area contributed by atoms with Crippen LogP contribution in [0.1, 0.15) is 80.1 Å². The van der Waals surface area contributed by atoms with Gasteiger partial charge in [0.05, 0.1) is 29.5 Å². The van der Waals surface area contributed by atoms with Crippen LogP contribution < -0.4 is 9.64 Å². The minimum Gasteiger partial charge on any atom is -0.376 e. The van der Waals surface area contributed by atoms with E-state index in [1.165, 1.54) is 11.3 Å². The van der Waals surface area contributed by atoms with Crippen LogP contribution in [0.15, 0.2) is 34.5 Å². The SMILES string of the molecule is CC(C)(C)c1cn(C[C@H]2CCCO2)c(=NC(=O)c2cc(C(F)(F)F)ccc2ON=C2CCCC2)s1. The summed E-state index contributed by atoms with van der Waals surface area (Å²) in [5, 5.41) is 4.08. The molecule has 4 rings (SSSR count). The van der Waals surface area contributed by atoms with Crippen molar-refractivity contribution in [2.24, 2.45) is 10.1 Å². The molecule has 1 aromatic heterocycles. The summed E-state index contributed by atoms with van der Waals surface area (Å²) < 4.78 is 47.9. The highest BCUT2D eigenvalue weighted by Gasteiger charge is 2.32. The van der Waals surface area contributed by atoms with E-state index in [0.29, 0.717) is 18.0 Å². The van der Waals surface area contributed by atoms with Gasteiger partial charge in [-0.25, -0.2) is 0 Å². The van der Waals surface area contributed by atoms with Crippen LogP contribution in [0.25, 0.3) is 0 Å². The van der Waals surface area contributed by atoms with Crippen molar-refractivity contribution >= 4 is 23.0 Å². The first-order chi connectivity index (χ1) is 16.5. The number of oxime groups is 1. The fourth-order valence-corrected chi connectivity index (χ4v) is 5.10. The molecule has 2 aliphatic rings. The molecule has 0 N–H and O–H groups in total. The predicted octanol–water partition coefficient (Wildman–Crippen LogP) is 6.09. The molecule has 1 saturated carbocycles. The molecule has 0 bridgehead atoms. The van der Waals surface area contributed by atoms with Gasteiger partial charge in [0.25, 0.3) is 5.91 Å². The summed E-state index contributed by atoms with van der Waals surface area (Å²) in [5.41, 5.74) is -0.549. The van der Waals surface area contributed by atoms with Crippen LogP contribution in [0.2, 0.25) is 0 Å². The first-order valence-electron chi connectivity index (χ1n) is 11.9. The number of rotatable bonds is 5. The normalized spacial score (nSPS) is 19.4. The second-order valence-corrected chi connectivity index (χ2v) is 11.0. The van der Waals surface area contributed by atoms with E-state index in [1.54, 1.807) is 0 Å². The Hall–Kier alpha value is -2.46. The van der Waals surface area contributed by atoms with Crippen molar-refractivity contribution in [1.82, 2.24) is 4.57 Å². The molecule has 1 saturated heterocycles. The summed E-state index contributed by atoms with van der Waals surface area (Å²) >= 11 is 1.35. The molecule has 0 unspecified atom stereocenters. The zero-order valence-electron chi connectivity index (χ0n) is 20.2. The lowest BCUT2D eigenvalue weighted by molar-refractivity contribution is -0.137. The largest absolute Gasteiger partial charge is 0.416 e. The number of carbonyl (C=O) groups is 1. The summed E-state index contributed by atoms with van der Waals surface area (Å²) in [6.07, 6.45) is 2.80. The highest BCUT2D eigenvalue weighted by molar-refractivity contribution is 7.09. The van der Waals surface area contributed by atoms with E-state index in [1.807, 2.05) is 10.8 Å². The van der Waals surface area contributed by atoms with Crippen molar-refractivity contribution in [3.8, 4) is 5.75 Å². The highest BCUT2D eigenvalue weighted by atomic mass is 32.1. The number of halogens is 3. The number of nitrogens with zero attached hydrogens (tertiary/aromatic N) is 3. The summed E-state index contributed by atoms with van der Waals surface area (Å²) in [7, 11) is 0. The van der Waals surface area contributed by atoms with Gasteiger partial charge in [-0.1, -0.05) is 25.9 Å². The van der Waals surface area contributed by atoms with E-state index >= 15 is 0 Å². The molecule has 2 heterocycles. The topological polar surface area (TPSA) is 65.2 Å². The van der Waals surface area contributed by atoms with E-state index in [9.17, 15) is 18.0 Å². The molecule has 1 aliphatic heterocycles. The Labute approximate surface area is 206 Å². The van der Waals surface area contributed by atoms with Crippen LogP contribution in [0.4, 0.5) is 13.2 Å². The Morgan fingerprint density at radius 2 is 1.94 bits per heavy atom. The maximum absolute atomic E-state index is 13.4. The first-order valence-corrected chi connectivity index (χ1v) is 12.7. The van der Waals surface area contributed by atoms with Crippen LogP contribution >= 0.6 is 11.3 Å². The van der Waals surface area contributed by atoms with Crippen LogP contribution in [-0.2, 0) is 22.9 Å². The Balaban J connectivity index is 1.73. The van der Waals surface area contributed by atoms with Gasteiger partial charge in [-0.05, 0) is 62.1 Å². The Bertz CT molecular complexity index is 1160. The number of hydrogen-bond acceptors (Lipinski definition) is 5. The maximum atomic E-state index is 13.4. The number of hydrogen-bond donors (Lipinski definition) is 0. The van der Waals surface area contributed by atoms with Gasteiger partial charge in [-0.3, -0.25) is 4.79 Å². The van der Waals surface area contributed by atoms with Gasteiger partial charge >= 0.3 is 6.18 Å². The van der Waals surface area contributed by atoms with Crippen molar-refractivity contribution in [2.45, 2.75) is 83.5 Å². The fraction of sp³-hybridized carbons (Fsp3) is 0.560. The molecule has 0 spiro atoms. The lowest BCUT2D eigenvalue weighted by Crippen LogP contribution is -2.23. The third-order valence-corrected chi connectivity index (χ3v) is 7.52. The lowest BCUT2D eigenvalue weighted by Gasteiger charge is -2.15. The van der Waals surface area contributed by atoms with Crippen LogP contribution in [0.5, 0.6) is 5.75 Å². The third-order valence-electron chi connectivity index (χ3n) is 6.07. The first kappa shape index (κ1) is 25.6. The molecule has 1 aliphatic carbocycles. The van der Waals surface area contributed by atoms with Crippen LogP contribution in [0.3, 0.4) is 0 Å². The number of amides is 1. The number of benzene rings is 1. The average Bonchev–Trinajstić information content (AvgIpc) is 3.54. The fourth-order valence-electron chi connectivity index (χ4n) is 4.04. The van der Waals surface area contributed by atoms with Crippen molar-refractivity contribution < 1.29 is 27.5 Å². The van der Waals surface area contributed by atoms with Crippen molar-refractivity contribution in [1.29, 1.82) is 0 Å². The number of thiazole rings is 1. The molecular weight excluding hydrogens is 479 g/mol. The molecule has 1 atom stereocenters. The van der Waals surface area contributed by atoms with Gasteiger partial charge in [0.1, 0.15) is 0 Å². The average molecular weight is 510 g/mol. The molecule has 1 amide bonds. The van der Waals surface area contributed by atoms with Gasteiger partial charge in [0, 0.05) is 17.7 Å². The van der Waals surface area contributed by atoms with E-state index in [4.69, 9.17) is 9.57 Å². The lowest BCUT2D eigenvalue weighted by atomic mass is 9.95. The van der Waals surface area contributed by atoms with Crippen LogP contribution in [-0.4, -0.2) is 28.9 Å². The molecule has 6 nitrogen and oxygen atoms in total. The van der Waals surface area contributed by atoms with Crippen molar-refractivity contribution in [2.75, 3.05) is 6.61 Å². The molecule has 0 radical (unpaired) electrons. The zero-order chi connectivity index (χ0) is 25.2. The van der Waals surface area contributed by atoms with Gasteiger partial charge in [-0.2, -0.15) is 18.2 Å². The Morgan fingerprint density at radius 3 is 2.57 bits per heavy atom. The number of carbonyl (C=O) groups excluding carboxylic acids is 1. The number of alkyl halides is 3. The number of ether oxygens (including phenoxy) is 1. The standard InChI is InChI=1S/C25H30F3N3O3S/c1-24(2,3)21-15-31(14-18-9-6-12-33-18)23(35-21)29-22(32)19-13-16(25(26,27)28)10-11-20(19)34-30-17-7-4-5-8-17/h10-11,13,15,18H,4-9,12,14H2,1-3H3/t18-/m1/s1. The van der Waals surface area contributed by atoms with Gasteiger partial charge in [0.2, 0.25) is 0 Å². The van der Waals surface area contributed by atoms with E-state index in [2.05, 4.69) is 30.9 Å². The third kappa shape index (κ3) is 6.41. The smallest absolute Gasteiger partial charge is 0.376 e. The number of aromatic nitrogens is 1. The minimum absolute atomic E-state index is 0.0150. The molecule has 190 valence electrons. The summed E-state index contributed by atoms with van der Waals surface area (Å²) in [4.78, 5) is 24.4. The summed E-state index contributed by atoms with van der Waals surface area (Å²) in [5.74, 6) is -0.842. The van der Waals surface area contributed by atoms with E-state index in [-0.39, 0.29) is 22.8 Å². The minimum atomic E-state index is -4.60. The van der Waals surface area contributed by atoms with E-state index in [0.717, 1.165) is 67.3 Å². The van der Waals surface area contributed by atoms with Gasteiger partial charge in [-0.15, -0.1) is 11.3 Å². The zero-order valence-corrected chi connectivity index (χ0v) is 21.0. The Kier molecular flexibility index (Phi) is 7.51. The monoisotopic (exact) mass is 509 g/mol. The van der Waals surface area contributed by atoms with Crippen molar-refractivity contribution in [3.63, 3.8) is 0 Å². The summed E-state index contributed by atoms with van der Waals surface area (Å²) in [6.45, 7) is 7.39. The molecule has 10 heteroatoms. The predicted molar refractivity (Wildman–Crippen MR) is 128 cm³/mol. The second-order valence-electron chi connectivity index (χ2n) is 10.00. The summed E-state index contributed by atoms with van der Waals surface area (Å²) in [6, 6.07) is 2.82. The molecule has 1 aromatic carbocycles. The molecule has 35 heavy (non-hydrogen) atoms. The van der Waals surface area contributed by atoms with Gasteiger partial charge in [0.15, 0.2) is 10.6 Å². The molecular formula is C25H30F3N3O3S. The highest BCUT2D eigenvalue weighted by Crippen LogP contribution is 2.33. The van der Waals surface area contributed by atoms with Crippen LogP contribution in [0, 0.1) is 0 Å². The van der Waals surface area contributed by atoms with E-state index < -0.39 is 17.6 Å². The Morgan fingerprint density at radius 1 is 1.20 bits per heavy atom. The second kappa shape index (κ2) is 10.3. The quantitative estimate of drug-likeness (QED) is 0.458. The maximum Gasteiger partial charge on any atom is 0.416 e.